The van der Waals surface area contributed by atoms with Crippen LogP contribution in [0.3, 0.4) is 0 Å². The van der Waals surface area contributed by atoms with Gasteiger partial charge in [-0.05, 0) is 69.7 Å². The molecule has 3 rings (SSSR count). The van der Waals surface area contributed by atoms with Gasteiger partial charge in [0.2, 0.25) is 10.0 Å². The number of nitrogens with zero attached hydrogens (tertiary/aromatic N) is 1. The van der Waals surface area contributed by atoms with E-state index in [1.807, 2.05) is 4.72 Å². The summed E-state index contributed by atoms with van der Waals surface area (Å²) in [6.07, 6.45) is -2.34. The van der Waals surface area contributed by atoms with Crippen molar-refractivity contribution in [1.29, 1.82) is 5.41 Å². The van der Waals surface area contributed by atoms with E-state index in [2.05, 4.69) is 15.4 Å². The Morgan fingerprint density at radius 1 is 1.16 bits per heavy atom. The van der Waals surface area contributed by atoms with E-state index in [-0.39, 0.29) is 24.4 Å². The van der Waals surface area contributed by atoms with Gasteiger partial charge in [-0.25, -0.2) is 17.9 Å². The fraction of sp³-hybridized carbons (Fsp3) is 0.593. The van der Waals surface area contributed by atoms with Gasteiger partial charge in [0.25, 0.3) is 11.4 Å². The number of rotatable bonds is 12. The number of hydrogen-bond acceptors (Lipinski definition) is 9. The maximum Gasteiger partial charge on any atom is 0.416 e. The van der Waals surface area contributed by atoms with Gasteiger partial charge in [0.1, 0.15) is 0 Å². The van der Waals surface area contributed by atoms with Gasteiger partial charge in [0.15, 0.2) is 11.7 Å². The topological polar surface area (TPSA) is 221 Å². The van der Waals surface area contributed by atoms with Gasteiger partial charge < -0.3 is 25.8 Å². The van der Waals surface area contributed by atoms with Crippen LogP contribution in [0.1, 0.15) is 52.0 Å². The highest BCUT2D eigenvalue weighted by molar-refractivity contribution is 7.89. The van der Waals surface area contributed by atoms with Crippen molar-refractivity contribution in [1.82, 2.24) is 20.3 Å². The summed E-state index contributed by atoms with van der Waals surface area (Å²) in [5.41, 5.74) is 1.63. The van der Waals surface area contributed by atoms with Gasteiger partial charge in [0, 0.05) is 32.6 Å². The van der Waals surface area contributed by atoms with Gasteiger partial charge in [-0.3, -0.25) is 25.1 Å². The number of sulfonamides is 1. The first-order chi connectivity index (χ1) is 20.8. The van der Waals surface area contributed by atoms with E-state index in [1.54, 1.807) is 11.8 Å². The molecular weight excluding hydrogens is 625 g/mol. The van der Waals surface area contributed by atoms with E-state index in [0.29, 0.717) is 69.6 Å². The number of carbonyl (C=O) groups excluding carboxylic acids is 3. The molecule has 1 aromatic rings. The maximum absolute atomic E-state index is 13.5. The Morgan fingerprint density at radius 3 is 2.20 bits per heavy atom. The monoisotopic (exact) mass is 664 g/mol. The molecule has 1 saturated carbocycles. The minimum absolute atomic E-state index is 0.0110. The molecule has 2 aliphatic rings. The van der Waals surface area contributed by atoms with Crippen LogP contribution in [0.2, 0.25) is 0 Å². The summed E-state index contributed by atoms with van der Waals surface area (Å²) in [5.74, 6) is -4.81. The Hall–Kier alpha value is -3.77. The summed E-state index contributed by atoms with van der Waals surface area (Å²) >= 11 is 0. The highest BCUT2D eigenvalue weighted by Gasteiger charge is 2.57. The summed E-state index contributed by atoms with van der Waals surface area (Å²) in [4.78, 5) is 50.1. The number of carboxylic acids is 1. The fourth-order valence-corrected chi connectivity index (χ4v) is 5.78. The Kier molecular flexibility index (Phi) is 12.9. The van der Waals surface area contributed by atoms with Crippen molar-refractivity contribution < 1.29 is 50.6 Å². The molecule has 45 heavy (non-hydrogen) atoms. The number of esters is 1. The standard InChI is InChI=1S/C23H31F3N6O6S.C4H8O2/c1-13(31-39(37,38)17-8-4-15(5-9-17)23(24,25)26)18(33)22(20(35)36,30-16-6-7-16)19(34)29-11-14-3-2-10-32(12-14)21(27)28;1-3-6-4(2)5/h4-5,8-9,13-14,16,30-31H,2-3,6-7,10-12H2,1H3,(H3,27,28)(H,29,34)(H,35,36);3H2,1-2H3. The third kappa shape index (κ3) is 10.4. The molecule has 1 amide bonds. The zero-order chi connectivity index (χ0) is 34.2. The third-order valence-corrected chi connectivity index (χ3v) is 8.56. The number of guanidine groups is 1. The summed E-state index contributed by atoms with van der Waals surface area (Å²) in [7, 11) is -4.56. The predicted octanol–water partition coefficient (Wildman–Crippen LogP) is 0.808. The summed E-state index contributed by atoms with van der Waals surface area (Å²) in [6, 6.07) is 0.324. The van der Waals surface area contributed by atoms with Crippen LogP contribution in [0.15, 0.2) is 29.2 Å². The van der Waals surface area contributed by atoms with Crippen molar-refractivity contribution in [2.45, 2.75) is 75.1 Å². The van der Waals surface area contributed by atoms with Crippen molar-refractivity contribution in [2.24, 2.45) is 11.7 Å². The number of ketones is 1. The van der Waals surface area contributed by atoms with Crippen molar-refractivity contribution >= 4 is 39.6 Å². The number of nitrogens with one attached hydrogen (secondary N) is 4. The Morgan fingerprint density at radius 2 is 1.76 bits per heavy atom. The molecule has 0 aromatic heterocycles. The molecule has 0 radical (unpaired) electrons. The van der Waals surface area contributed by atoms with Crippen LogP contribution in [0.4, 0.5) is 13.2 Å². The molecular formula is C27H39F3N6O8S. The molecule has 1 saturated heterocycles. The number of carbonyl (C=O) groups is 4. The minimum atomic E-state index is -4.69. The number of nitrogens with two attached hydrogens (primary N) is 1. The minimum Gasteiger partial charge on any atom is -0.479 e. The number of amides is 1. The first-order valence-corrected chi connectivity index (χ1v) is 15.6. The van der Waals surface area contributed by atoms with E-state index in [1.165, 1.54) is 6.92 Å². The summed E-state index contributed by atoms with van der Waals surface area (Å²) < 4.78 is 70.4. The average molecular weight is 665 g/mol. The van der Waals surface area contributed by atoms with Gasteiger partial charge >= 0.3 is 18.1 Å². The highest BCUT2D eigenvalue weighted by atomic mass is 32.2. The van der Waals surface area contributed by atoms with Crippen molar-refractivity contribution in [3.63, 3.8) is 0 Å². The number of benzene rings is 1. The average Bonchev–Trinajstić information content (AvgIpc) is 3.78. The lowest BCUT2D eigenvalue weighted by atomic mass is 9.88. The second-order valence-corrected chi connectivity index (χ2v) is 12.4. The molecule has 0 spiro atoms. The Balaban J connectivity index is 0.00000107. The normalized spacial score (nSPS) is 18.8. The molecule has 3 atom stereocenters. The van der Waals surface area contributed by atoms with Crippen LogP contribution in [-0.4, -0.2) is 91.9 Å². The van der Waals surface area contributed by atoms with Crippen LogP contribution >= 0.6 is 0 Å². The maximum atomic E-state index is 13.5. The highest BCUT2D eigenvalue weighted by Crippen LogP contribution is 2.30. The molecule has 18 heteroatoms. The molecule has 2 fully saturated rings. The molecule has 7 N–H and O–H groups in total. The van der Waals surface area contributed by atoms with Crippen LogP contribution in [-0.2, 0) is 40.1 Å². The van der Waals surface area contributed by atoms with Crippen molar-refractivity contribution in [3.05, 3.63) is 29.8 Å². The SMILES string of the molecule is CC(NS(=O)(=O)c1ccc(C(F)(F)F)cc1)C(=O)C(NC1CC1)(C(=O)O)C(=O)NCC1CCCN(C(=N)N)C1.CCOC(C)=O. The smallest absolute Gasteiger partial charge is 0.416 e. The molecule has 0 bridgehead atoms. The summed E-state index contributed by atoms with van der Waals surface area (Å²) in [6.45, 7) is 5.61. The van der Waals surface area contributed by atoms with E-state index in [4.69, 9.17) is 11.1 Å². The molecule has 1 aliphatic carbocycles. The lowest BCUT2D eigenvalue weighted by Crippen LogP contribution is -2.71. The largest absolute Gasteiger partial charge is 0.479 e. The van der Waals surface area contributed by atoms with Gasteiger partial charge in [-0.2, -0.15) is 13.2 Å². The van der Waals surface area contributed by atoms with E-state index < -0.39 is 61.9 Å². The second-order valence-electron chi connectivity index (χ2n) is 10.7. The van der Waals surface area contributed by atoms with Gasteiger partial charge in [0.05, 0.1) is 23.1 Å². The quantitative estimate of drug-likeness (QED) is 0.0794. The zero-order valence-corrected chi connectivity index (χ0v) is 25.9. The van der Waals surface area contributed by atoms with E-state index >= 15 is 0 Å². The number of ether oxygens (including phenoxy) is 1. The number of hydrogen-bond donors (Lipinski definition) is 6. The van der Waals surface area contributed by atoms with Crippen molar-refractivity contribution in [3.8, 4) is 0 Å². The molecule has 3 unspecified atom stereocenters. The number of halogens is 3. The Labute approximate surface area is 258 Å². The van der Waals surface area contributed by atoms with Crippen LogP contribution < -0.4 is 21.1 Å². The Bertz CT molecular complexity index is 1350. The number of aliphatic carboxylic acids is 1. The van der Waals surface area contributed by atoms with Gasteiger partial charge in [-0.15, -0.1) is 0 Å². The van der Waals surface area contributed by atoms with E-state index in [9.17, 15) is 45.9 Å². The first-order valence-electron chi connectivity index (χ1n) is 14.1. The number of piperidine rings is 1. The predicted molar refractivity (Wildman–Crippen MR) is 154 cm³/mol. The molecule has 1 aliphatic heterocycles. The second kappa shape index (κ2) is 15.5. The van der Waals surface area contributed by atoms with Crippen molar-refractivity contribution in [2.75, 3.05) is 26.2 Å². The molecule has 1 aromatic carbocycles. The molecule has 252 valence electrons. The lowest BCUT2D eigenvalue weighted by Gasteiger charge is -2.34. The van der Waals surface area contributed by atoms with Crippen LogP contribution in [0.25, 0.3) is 0 Å². The number of Topliss-reactive ketones (excluding diaryl/α,β-unsaturated/α-hetero) is 1. The van der Waals surface area contributed by atoms with Crippen LogP contribution in [0.5, 0.6) is 0 Å². The van der Waals surface area contributed by atoms with Gasteiger partial charge in [-0.1, -0.05) is 0 Å². The first kappa shape index (κ1) is 37.4. The molecule has 1 heterocycles. The fourth-order valence-electron chi connectivity index (χ4n) is 4.57. The number of alkyl halides is 3. The lowest BCUT2D eigenvalue weighted by molar-refractivity contribution is -0.156. The van der Waals surface area contributed by atoms with E-state index in [0.717, 1.165) is 6.92 Å². The third-order valence-electron chi connectivity index (χ3n) is 7.00. The molecule has 14 nitrogen and oxygen atoms in total. The van der Waals surface area contributed by atoms with Crippen LogP contribution in [0, 0.1) is 11.3 Å². The zero-order valence-electron chi connectivity index (χ0n) is 25.1. The summed E-state index contributed by atoms with van der Waals surface area (Å²) in [5, 5.41) is 22.7. The number of likely N-dealkylation sites (tertiary alicyclic amines) is 1. The number of carboxylic acid groups (broad SMARTS) is 1.